The number of rotatable bonds is 12. The average Bonchev–Trinajstić information content (AvgIpc) is 3.34. The van der Waals surface area contributed by atoms with E-state index in [1.807, 2.05) is 105 Å². The third-order valence-electron chi connectivity index (χ3n) is 6.96. The Balaban J connectivity index is 1.40. The van der Waals surface area contributed by atoms with Gasteiger partial charge >= 0.3 is 5.97 Å². The highest BCUT2D eigenvalue weighted by Gasteiger charge is 2.24. The van der Waals surface area contributed by atoms with Gasteiger partial charge in [0.05, 0.1) is 24.2 Å². The monoisotopic (exact) mass is 561 g/mol. The fourth-order valence-electron chi connectivity index (χ4n) is 4.62. The minimum Gasteiger partial charge on any atom is -0.489 e. The third kappa shape index (κ3) is 7.43. The molecule has 0 saturated carbocycles. The van der Waals surface area contributed by atoms with E-state index in [2.05, 4.69) is 5.32 Å². The SMILES string of the molecule is CCOC(=O)C(Cc1cc(C)c(C)o1)Nc1ncc(-c2ccc(OCc3ccccc3)cc2)nc1Cc1ccccc1. The summed E-state index contributed by atoms with van der Waals surface area (Å²) in [5, 5.41) is 3.32. The van der Waals surface area contributed by atoms with Crippen LogP contribution in [0.2, 0.25) is 0 Å². The van der Waals surface area contributed by atoms with E-state index in [4.69, 9.17) is 23.9 Å². The maximum absolute atomic E-state index is 13.0. The van der Waals surface area contributed by atoms with E-state index >= 15 is 0 Å². The molecule has 1 atom stereocenters. The molecule has 7 nitrogen and oxygen atoms in total. The highest BCUT2D eigenvalue weighted by Crippen LogP contribution is 2.25. The van der Waals surface area contributed by atoms with Crippen molar-refractivity contribution in [1.29, 1.82) is 0 Å². The number of anilines is 1. The van der Waals surface area contributed by atoms with E-state index in [-0.39, 0.29) is 12.6 Å². The average molecular weight is 562 g/mol. The zero-order valence-corrected chi connectivity index (χ0v) is 24.2. The van der Waals surface area contributed by atoms with Crippen molar-refractivity contribution in [1.82, 2.24) is 9.97 Å². The Bertz CT molecular complexity index is 1580. The second-order valence-electron chi connectivity index (χ2n) is 10.1. The Kier molecular flexibility index (Phi) is 9.29. The molecule has 0 saturated heterocycles. The summed E-state index contributed by atoms with van der Waals surface area (Å²) in [6, 6.07) is 29.2. The van der Waals surface area contributed by atoms with Crippen LogP contribution >= 0.6 is 0 Å². The van der Waals surface area contributed by atoms with Gasteiger partial charge in [0.1, 0.15) is 35.7 Å². The molecule has 5 aromatic rings. The van der Waals surface area contributed by atoms with Crippen molar-refractivity contribution in [3.05, 3.63) is 131 Å². The fraction of sp³-hybridized carbons (Fsp3) is 0.229. The number of nitrogens with zero attached hydrogens (tertiary/aromatic N) is 2. The van der Waals surface area contributed by atoms with E-state index in [1.54, 1.807) is 13.1 Å². The zero-order valence-electron chi connectivity index (χ0n) is 24.2. The number of benzene rings is 3. The van der Waals surface area contributed by atoms with Crippen molar-refractivity contribution < 1.29 is 18.7 Å². The van der Waals surface area contributed by atoms with E-state index in [0.717, 1.165) is 45.2 Å². The highest BCUT2D eigenvalue weighted by molar-refractivity contribution is 5.79. The first-order chi connectivity index (χ1) is 20.5. The van der Waals surface area contributed by atoms with Crippen molar-refractivity contribution >= 4 is 11.8 Å². The predicted molar refractivity (Wildman–Crippen MR) is 163 cm³/mol. The molecule has 1 unspecified atom stereocenters. The summed E-state index contributed by atoms with van der Waals surface area (Å²) in [7, 11) is 0. The number of esters is 1. The lowest BCUT2D eigenvalue weighted by Crippen LogP contribution is -2.34. The third-order valence-corrected chi connectivity index (χ3v) is 6.96. The van der Waals surface area contributed by atoms with Crippen LogP contribution in [0.3, 0.4) is 0 Å². The molecule has 3 aromatic carbocycles. The van der Waals surface area contributed by atoms with Crippen molar-refractivity contribution in [2.45, 2.75) is 46.3 Å². The molecule has 0 bridgehead atoms. The minimum atomic E-state index is -0.689. The predicted octanol–water partition coefficient (Wildman–Crippen LogP) is 7.11. The van der Waals surface area contributed by atoms with Gasteiger partial charge in [-0.25, -0.2) is 14.8 Å². The second-order valence-corrected chi connectivity index (χ2v) is 10.1. The molecule has 42 heavy (non-hydrogen) atoms. The van der Waals surface area contributed by atoms with Gasteiger partial charge in [-0.15, -0.1) is 0 Å². The van der Waals surface area contributed by atoms with Crippen LogP contribution in [-0.2, 0) is 29.0 Å². The number of ether oxygens (including phenoxy) is 2. The minimum absolute atomic E-state index is 0.278. The highest BCUT2D eigenvalue weighted by atomic mass is 16.5. The molecule has 5 rings (SSSR count). The maximum atomic E-state index is 13.0. The fourth-order valence-corrected chi connectivity index (χ4v) is 4.62. The zero-order chi connectivity index (χ0) is 29.3. The number of hydrogen-bond donors (Lipinski definition) is 1. The summed E-state index contributed by atoms with van der Waals surface area (Å²) in [5.74, 6) is 2.48. The molecule has 0 radical (unpaired) electrons. The molecule has 0 aliphatic heterocycles. The smallest absolute Gasteiger partial charge is 0.329 e. The van der Waals surface area contributed by atoms with Crippen molar-refractivity contribution in [3.8, 4) is 17.0 Å². The van der Waals surface area contributed by atoms with Gasteiger partial charge in [-0.1, -0.05) is 60.7 Å². The van der Waals surface area contributed by atoms with Crippen molar-refractivity contribution in [2.75, 3.05) is 11.9 Å². The number of nitrogens with one attached hydrogen (secondary N) is 1. The Morgan fingerprint density at radius 1 is 0.929 bits per heavy atom. The molecule has 0 fully saturated rings. The number of aromatic nitrogens is 2. The number of aryl methyl sites for hydroxylation is 2. The van der Waals surface area contributed by atoms with E-state index in [9.17, 15) is 4.79 Å². The molecule has 2 heterocycles. The summed E-state index contributed by atoms with van der Waals surface area (Å²) in [6.07, 6.45) is 2.59. The van der Waals surface area contributed by atoms with Gasteiger partial charge in [-0.2, -0.15) is 0 Å². The summed E-state index contributed by atoms with van der Waals surface area (Å²) in [6.45, 7) is 6.47. The molecule has 7 heteroatoms. The van der Waals surface area contributed by atoms with Crippen LogP contribution < -0.4 is 10.1 Å². The molecule has 0 aliphatic rings. The van der Waals surface area contributed by atoms with Gasteiger partial charge in [0.15, 0.2) is 0 Å². The molecule has 0 aliphatic carbocycles. The summed E-state index contributed by atoms with van der Waals surface area (Å²) in [5.41, 5.74) is 5.60. The molecule has 2 aromatic heterocycles. The number of hydrogen-bond acceptors (Lipinski definition) is 7. The lowest BCUT2D eigenvalue weighted by atomic mass is 10.1. The van der Waals surface area contributed by atoms with E-state index in [1.165, 1.54) is 0 Å². The Labute approximate surface area is 246 Å². The maximum Gasteiger partial charge on any atom is 0.329 e. The summed E-state index contributed by atoms with van der Waals surface area (Å²) >= 11 is 0. The first kappa shape index (κ1) is 28.6. The van der Waals surface area contributed by atoms with Crippen LogP contribution in [0.25, 0.3) is 11.3 Å². The molecule has 0 spiro atoms. The quantitative estimate of drug-likeness (QED) is 0.162. The van der Waals surface area contributed by atoms with Gasteiger partial charge in [-0.3, -0.25) is 0 Å². The van der Waals surface area contributed by atoms with Crippen LogP contribution in [0.4, 0.5) is 5.82 Å². The molecule has 0 amide bonds. The van der Waals surface area contributed by atoms with Crippen molar-refractivity contribution in [3.63, 3.8) is 0 Å². The van der Waals surface area contributed by atoms with Crippen LogP contribution in [0, 0.1) is 13.8 Å². The normalized spacial score (nSPS) is 11.6. The first-order valence-electron chi connectivity index (χ1n) is 14.1. The number of furan rings is 1. The van der Waals surface area contributed by atoms with E-state index < -0.39 is 6.04 Å². The topological polar surface area (TPSA) is 86.5 Å². The van der Waals surface area contributed by atoms with Gasteiger partial charge in [-0.05, 0) is 67.8 Å². The number of carbonyl (C=O) groups is 1. The lowest BCUT2D eigenvalue weighted by molar-refractivity contribution is -0.144. The largest absolute Gasteiger partial charge is 0.489 e. The number of carbonyl (C=O) groups excluding carboxylic acids is 1. The van der Waals surface area contributed by atoms with Gasteiger partial charge in [0.2, 0.25) is 0 Å². The lowest BCUT2D eigenvalue weighted by Gasteiger charge is -2.19. The Morgan fingerprint density at radius 3 is 2.26 bits per heavy atom. The van der Waals surface area contributed by atoms with Gasteiger partial charge in [0.25, 0.3) is 0 Å². The molecule has 214 valence electrons. The summed E-state index contributed by atoms with van der Waals surface area (Å²) < 4.78 is 17.2. The van der Waals surface area contributed by atoms with Crippen LogP contribution in [0.1, 0.15) is 40.8 Å². The molecule has 1 N–H and O–H groups in total. The second kappa shape index (κ2) is 13.6. The Hall–Kier alpha value is -4.91. The van der Waals surface area contributed by atoms with E-state index in [0.29, 0.717) is 31.0 Å². The molecular formula is C35H35N3O4. The summed E-state index contributed by atoms with van der Waals surface area (Å²) in [4.78, 5) is 22.7. The van der Waals surface area contributed by atoms with Crippen molar-refractivity contribution in [2.24, 2.45) is 0 Å². The Morgan fingerprint density at radius 2 is 1.62 bits per heavy atom. The van der Waals surface area contributed by atoms with Crippen LogP contribution in [-0.4, -0.2) is 28.6 Å². The van der Waals surface area contributed by atoms with Gasteiger partial charge < -0.3 is 19.2 Å². The van der Waals surface area contributed by atoms with Gasteiger partial charge in [0, 0.05) is 18.4 Å². The first-order valence-corrected chi connectivity index (χ1v) is 14.1. The standard InChI is InChI=1S/C35H35N3O4/c1-4-40-35(39)32(21-30-19-24(2)25(3)42-30)38-34-31(20-26-11-7-5-8-12-26)37-33(22-36-34)28-15-17-29(18-16-28)41-23-27-13-9-6-10-14-27/h5-19,22,32H,4,20-21,23H2,1-3H3,(H,36,38). The van der Waals surface area contributed by atoms with Crippen LogP contribution in [0.15, 0.2) is 102 Å². The van der Waals surface area contributed by atoms with Crippen LogP contribution in [0.5, 0.6) is 5.75 Å². The molecular weight excluding hydrogens is 526 g/mol.